The summed E-state index contributed by atoms with van der Waals surface area (Å²) < 4.78 is 71.6. The van der Waals surface area contributed by atoms with Gasteiger partial charge in [-0.1, -0.05) is 0 Å². The van der Waals surface area contributed by atoms with E-state index in [1.54, 1.807) is 0 Å². The number of hydrogen-bond donors (Lipinski definition) is 4. The number of nitrogens with zero attached hydrogens (tertiary/aromatic N) is 1. The molecule has 3 rings (SSSR count). The fourth-order valence-electron chi connectivity index (χ4n) is 4.67. The topological polar surface area (TPSA) is 86.8 Å². The van der Waals surface area contributed by atoms with Crippen molar-refractivity contribution < 1.29 is 31.5 Å². The summed E-state index contributed by atoms with van der Waals surface area (Å²) in [7, 11) is 0. The van der Waals surface area contributed by atoms with Gasteiger partial charge in [0, 0.05) is 24.5 Å². The lowest BCUT2D eigenvalue weighted by Gasteiger charge is -2.34. The second kappa shape index (κ2) is 11.1. The summed E-state index contributed by atoms with van der Waals surface area (Å²) in [6.45, 7) is 2.93. The highest BCUT2D eigenvalue weighted by Crippen LogP contribution is 2.41. The van der Waals surface area contributed by atoms with Crippen molar-refractivity contribution in [3.8, 4) is 0 Å². The van der Waals surface area contributed by atoms with Crippen molar-refractivity contribution in [1.82, 2.24) is 21.5 Å². The zero-order chi connectivity index (χ0) is 23.3. The van der Waals surface area contributed by atoms with Crippen LogP contribution < -0.4 is 21.5 Å². The minimum absolute atomic E-state index is 0.0122. The number of ether oxygens (including phenoxy) is 1. The van der Waals surface area contributed by atoms with Gasteiger partial charge in [0.15, 0.2) is 5.96 Å². The minimum Gasteiger partial charge on any atom is -0.380 e. The van der Waals surface area contributed by atoms with Gasteiger partial charge in [0.2, 0.25) is 5.91 Å². The molecule has 12 heteroatoms. The van der Waals surface area contributed by atoms with Gasteiger partial charge >= 0.3 is 6.18 Å². The van der Waals surface area contributed by atoms with Crippen LogP contribution in [0.1, 0.15) is 45.4 Å². The first-order valence-corrected chi connectivity index (χ1v) is 11.2. The van der Waals surface area contributed by atoms with Crippen molar-refractivity contribution in [2.45, 2.75) is 76.2 Å². The Morgan fingerprint density at radius 1 is 1.09 bits per heavy atom. The van der Waals surface area contributed by atoms with Crippen molar-refractivity contribution in [2.24, 2.45) is 22.7 Å². The van der Waals surface area contributed by atoms with Crippen LogP contribution in [0, 0.1) is 17.8 Å². The molecule has 7 nitrogen and oxygen atoms in total. The SMILES string of the molecule is CCOCCN=C(NC(=O)C1CCC(F)C(F)C1)NC1NNC2CC(C(F)(F)F)CCC21. The molecule has 7 unspecified atom stereocenters. The quantitative estimate of drug-likeness (QED) is 0.208. The van der Waals surface area contributed by atoms with Crippen LogP contribution in [-0.4, -0.2) is 62.4 Å². The molecule has 32 heavy (non-hydrogen) atoms. The van der Waals surface area contributed by atoms with Crippen LogP contribution in [0.2, 0.25) is 0 Å². The predicted molar refractivity (Wildman–Crippen MR) is 108 cm³/mol. The van der Waals surface area contributed by atoms with Crippen LogP contribution in [0.3, 0.4) is 0 Å². The average Bonchev–Trinajstić information content (AvgIpc) is 3.14. The molecule has 1 amide bonds. The van der Waals surface area contributed by atoms with E-state index in [1.165, 1.54) is 0 Å². The molecule has 2 saturated carbocycles. The van der Waals surface area contributed by atoms with E-state index < -0.39 is 42.4 Å². The molecule has 0 spiro atoms. The first kappa shape index (κ1) is 25.1. The van der Waals surface area contributed by atoms with E-state index >= 15 is 0 Å². The summed E-state index contributed by atoms with van der Waals surface area (Å²) in [6.07, 6.45) is -7.45. The van der Waals surface area contributed by atoms with Crippen LogP contribution >= 0.6 is 0 Å². The molecule has 2 aliphatic carbocycles. The number of carbonyl (C=O) groups is 1. The molecule has 1 aliphatic heterocycles. The van der Waals surface area contributed by atoms with E-state index in [0.717, 1.165) is 0 Å². The molecule has 0 aromatic carbocycles. The van der Waals surface area contributed by atoms with Gasteiger partial charge in [-0.05, 0) is 45.4 Å². The molecule has 0 aromatic heterocycles. The van der Waals surface area contributed by atoms with Gasteiger partial charge < -0.3 is 10.1 Å². The third-order valence-corrected chi connectivity index (χ3v) is 6.53. The summed E-state index contributed by atoms with van der Waals surface area (Å²) in [4.78, 5) is 17.0. The summed E-state index contributed by atoms with van der Waals surface area (Å²) in [5, 5.41) is 5.74. The number of fused-ring (bicyclic) bond motifs is 1. The van der Waals surface area contributed by atoms with Crippen LogP contribution in [0.4, 0.5) is 22.0 Å². The lowest BCUT2D eigenvalue weighted by molar-refractivity contribution is -0.185. The number of rotatable bonds is 6. The standard InChI is InChI=1S/C20H32F5N5O2/c1-2-32-8-7-26-19(28-18(31)11-3-6-14(21)15(22)9-11)27-17-13-5-4-12(20(23,24)25)10-16(13)29-30-17/h11-17,29-30H,2-10H2,1H3,(H2,26,27,28,31). The van der Waals surface area contributed by atoms with Crippen molar-refractivity contribution in [2.75, 3.05) is 19.8 Å². The van der Waals surface area contributed by atoms with Crippen molar-refractivity contribution >= 4 is 11.9 Å². The van der Waals surface area contributed by atoms with Gasteiger partial charge in [-0.15, -0.1) is 0 Å². The largest absolute Gasteiger partial charge is 0.391 e. The first-order chi connectivity index (χ1) is 15.2. The van der Waals surface area contributed by atoms with E-state index in [1.807, 2.05) is 6.92 Å². The maximum Gasteiger partial charge on any atom is 0.391 e. The Kier molecular flexibility index (Phi) is 8.68. The summed E-state index contributed by atoms with van der Waals surface area (Å²) >= 11 is 0. The molecular weight excluding hydrogens is 437 g/mol. The Morgan fingerprint density at radius 2 is 1.88 bits per heavy atom. The lowest BCUT2D eigenvalue weighted by Crippen LogP contribution is -2.54. The van der Waals surface area contributed by atoms with Crippen LogP contribution in [-0.2, 0) is 9.53 Å². The number of hydrogen-bond acceptors (Lipinski definition) is 5. The Bertz CT molecular complexity index is 665. The van der Waals surface area contributed by atoms with E-state index in [9.17, 15) is 26.7 Å². The number of amides is 1. The van der Waals surface area contributed by atoms with Crippen molar-refractivity contribution in [3.63, 3.8) is 0 Å². The molecule has 184 valence electrons. The number of alkyl halides is 5. The third kappa shape index (κ3) is 6.50. The van der Waals surface area contributed by atoms with Gasteiger partial charge in [0.25, 0.3) is 0 Å². The van der Waals surface area contributed by atoms with E-state index in [4.69, 9.17) is 4.74 Å². The second-order valence-electron chi connectivity index (χ2n) is 8.69. The Labute approximate surface area is 184 Å². The zero-order valence-corrected chi connectivity index (χ0v) is 18.1. The molecule has 4 N–H and O–H groups in total. The van der Waals surface area contributed by atoms with Gasteiger partial charge in [0.05, 0.1) is 25.2 Å². The highest BCUT2D eigenvalue weighted by atomic mass is 19.4. The minimum atomic E-state index is -4.22. The van der Waals surface area contributed by atoms with E-state index in [0.29, 0.717) is 19.6 Å². The fourth-order valence-corrected chi connectivity index (χ4v) is 4.67. The normalized spacial score (nSPS) is 35.9. The monoisotopic (exact) mass is 469 g/mol. The summed E-state index contributed by atoms with van der Waals surface area (Å²) in [5.41, 5.74) is 5.89. The van der Waals surface area contributed by atoms with Crippen LogP contribution in [0.5, 0.6) is 0 Å². The van der Waals surface area contributed by atoms with Crippen LogP contribution in [0.25, 0.3) is 0 Å². The van der Waals surface area contributed by atoms with Crippen molar-refractivity contribution in [3.05, 3.63) is 0 Å². The predicted octanol–water partition coefficient (Wildman–Crippen LogP) is 2.34. The Morgan fingerprint density at radius 3 is 2.56 bits per heavy atom. The van der Waals surface area contributed by atoms with Gasteiger partial charge in [0.1, 0.15) is 12.3 Å². The molecule has 0 bridgehead atoms. The smallest absolute Gasteiger partial charge is 0.380 e. The second-order valence-corrected chi connectivity index (χ2v) is 8.69. The molecule has 0 aromatic rings. The molecular formula is C20H32F5N5O2. The van der Waals surface area contributed by atoms with Crippen LogP contribution in [0.15, 0.2) is 4.99 Å². The molecule has 7 atom stereocenters. The number of nitrogens with one attached hydrogen (secondary N) is 4. The molecule has 3 aliphatic rings. The highest BCUT2D eigenvalue weighted by Gasteiger charge is 2.48. The molecule has 1 saturated heterocycles. The maximum atomic E-state index is 13.7. The number of hydrazine groups is 1. The van der Waals surface area contributed by atoms with Gasteiger partial charge in [-0.3, -0.25) is 20.5 Å². The molecule has 3 fully saturated rings. The molecule has 0 radical (unpaired) electrons. The highest BCUT2D eigenvalue weighted by molar-refractivity contribution is 5.98. The zero-order valence-electron chi connectivity index (χ0n) is 18.1. The van der Waals surface area contributed by atoms with Gasteiger partial charge in [-0.25, -0.2) is 14.2 Å². The Hall–Kier alpha value is -1.53. The number of halogens is 5. The third-order valence-electron chi connectivity index (χ3n) is 6.53. The fraction of sp³-hybridized carbons (Fsp3) is 0.900. The summed E-state index contributed by atoms with van der Waals surface area (Å²) in [5.74, 6) is -2.44. The van der Waals surface area contributed by atoms with E-state index in [2.05, 4.69) is 26.5 Å². The van der Waals surface area contributed by atoms with E-state index in [-0.39, 0.29) is 56.6 Å². The number of carbonyl (C=O) groups excluding carboxylic acids is 1. The Balaban J connectivity index is 1.60. The number of guanidine groups is 1. The number of aliphatic imine (C=N–C) groups is 1. The van der Waals surface area contributed by atoms with Crippen molar-refractivity contribution in [1.29, 1.82) is 0 Å². The lowest BCUT2D eigenvalue weighted by atomic mass is 9.78. The average molecular weight is 469 g/mol. The maximum absolute atomic E-state index is 13.7. The van der Waals surface area contributed by atoms with Gasteiger partial charge in [-0.2, -0.15) is 13.2 Å². The first-order valence-electron chi connectivity index (χ1n) is 11.2. The summed E-state index contributed by atoms with van der Waals surface area (Å²) in [6, 6.07) is -0.361. The molecule has 1 heterocycles.